The van der Waals surface area contributed by atoms with Crippen molar-refractivity contribution in [3.63, 3.8) is 0 Å². The molecular formula is C19H21NO2. The maximum absolute atomic E-state index is 12.9. The van der Waals surface area contributed by atoms with Crippen molar-refractivity contribution in [2.45, 2.75) is 38.5 Å². The molecule has 22 heavy (non-hydrogen) atoms. The number of aromatic nitrogens is 1. The van der Waals surface area contributed by atoms with Crippen LogP contribution in [0.3, 0.4) is 0 Å². The Morgan fingerprint density at radius 2 is 1.73 bits per heavy atom. The SMILES string of the molecule is O=C(Oc1ccc2[nH]ccc2c1)C12CC3CC(CC(C3)C1)C2. The van der Waals surface area contributed by atoms with Crippen LogP contribution >= 0.6 is 0 Å². The lowest BCUT2D eigenvalue weighted by molar-refractivity contribution is -0.161. The fourth-order valence-electron chi connectivity index (χ4n) is 5.67. The topological polar surface area (TPSA) is 42.1 Å². The Bertz CT molecular complexity index is 709. The monoisotopic (exact) mass is 295 g/mol. The summed E-state index contributed by atoms with van der Waals surface area (Å²) in [5, 5.41) is 1.09. The molecule has 4 bridgehead atoms. The second-order valence-corrected chi connectivity index (χ2v) is 7.81. The van der Waals surface area contributed by atoms with E-state index in [1.807, 2.05) is 30.5 Å². The molecule has 0 atom stereocenters. The van der Waals surface area contributed by atoms with Crippen molar-refractivity contribution in [3.8, 4) is 5.75 Å². The van der Waals surface area contributed by atoms with E-state index in [-0.39, 0.29) is 11.4 Å². The fourth-order valence-corrected chi connectivity index (χ4v) is 5.67. The van der Waals surface area contributed by atoms with Crippen molar-refractivity contribution in [1.82, 2.24) is 4.98 Å². The number of H-pyrrole nitrogens is 1. The van der Waals surface area contributed by atoms with Gasteiger partial charge in [0.1, 0.15) is 5.75 Å². The van der Waals surface area contributed by atoms with Crippen LogP contribution in [0, 0.1) is 23.2 Å². The maximum Gasteiger partial charge on any atom is 0.317 e. The number of ether oxygens (including phenoxy) is 1. The molecule has 0 radical (unpaired) electrons. The summed E-state index contributed by atoms with van der Waals surface area (Å²) in [6, 6.07) is 7.86. The second kappa shape index (κ2) is 4.37. The van der Waals surface area contributed by atoms with Crippen LogP contribution in [0.25, 0.3) is 10.9 Å². The highest BCUT2D eigenvalue weighted by molar-refractivity contribution is 5.84. The van der Waals surface area contributed by atoms with Crippen LogP contribution in [-0.2, 0) is 4.79 Å². The summed E-state index contributed by atoms with van der Waals surface area (Å²) < 4.78 is 5.82. The van der Waals surface area contributed by atoms with Crippen LogP contribution in [0.15, 0.2) is 30.5 Å². The normalized spacial score (nSPS) is 35.9. The Morgan fingerprint density at radius 1 is 1.05 bits per heavy atom. The zero-order valence-electron chi connectivity index (χ0n) is 12.7. The van der Waals surface area contributed by atoms with Crippen LogP contribution in [0.4, 0.5) is 0 Å². The maximum atomic E-state index is 12.9. The Labute approximate surface area is 130 Å². The summed E-state index contributed by atoms with van der Waals surface area (Å²) in [6.45, 7) is 0. The first-order chi connectivity index (χ1) is 10.7. The predicted molar refractivity (Wildman–Crippen MR) is 84.5 cm³/mol. The van der Waals surface area contributed by atoms with Crippen molar-refractivity contribution < 1.29 is 9.53 Å². The minimum Gasteiger partial charge on any atom is -0.426 e. The molecular weight excluding hydrogens is 274 g/mol. The number of hydrogen-bond acceptors (Lipinski definition) is 2. The van der Waals surface area contributed by atoms with E-state index in [9.17, 15) is 4.79 Å². The van der Waals surface area contributed by atoms with E-state index in [0.29, 0.717) is 5.75 Å². The molecule has 4 saturated carbocycles. The first-order valence-corrected chi connectivity index (χ1v) is 8.50. The Balaban J connectivity index is 1.42. The van der Waals surface area contributed by atoms with Gasteiger partial charge in [0.15, 0.2) is 0 Å². The lowest BCUT2D eigenvalue weighted by Gasteiger charge is -2.55. The van der Waals surface area contributed by atoms with Gasteiger partial charge in [0.25, 0.3) is 0 Å². The molecule has 0 amide bonds. The third kappa shape index (κ3) is 1.84. The van der Waals surface area contributed by atoms with E-state index >= 15 is 0 Å². The lowest BCUT2D eigenvalue weighted by Crippen LogP contribution is -2.51. The molecule has 4 fully saturated rings. The largest absolute Gasteiger partial charge is 0.426 e. The van der Waals surface area contributed by atoms with Crippen LogP contribution in [-0.4, -0.2) is 11.0 Å². The molecule has 4 aliphatic rings. The van der Waals surface area contributed by atoms with Gasteiger partial charge in [-0.25, -0.2) is 0 Å². The van der Waals surface area contributed by atoms with E-state index in [0.717, 1.165) is 47.9 Å². The van der Waals surface area contributed by atoms with Gasteiger partial charge in [0.2, 0.25) is 0 Å². The molecule has 0 saturated heterocycles. The molecule has 2 aromatic rings. The average molecular weight is 295 g/mol. The molecule has 0 spiro atoms. The van der Waals surface area contributed by atoms with Crippen molar-refractivity contribution in [2.75, 3.05) is 0 Å². The molecule has 0 unspecified atom stereocenters. The molecule has 1 heterocycles. The molecule has 1 N–H and O–H groups in total. The zero-order valence-corrected chi connectivity index (χ0v) is 12.7. The Morgan fingerprint density at radius 3 is 2.41 bits per heavy atom. The van der Waals surface area contributed by atoms with E-state index in [4.69, 9.17) is 4.74 Å². The number of aromatic amines is 1. The third-order valence-corrected chi connectivity index (χ3v) is 6.21. The van der Waals surface area contributed by atoms with Crippen molar-refractivity contribution in [1.29, 1.82) is 0 Å². The summed E-state index contributed by atoms with van der Waals surface area (Å²) in [7, 11) is 0. The smallest absolute Gasteiger partial charge is 0.317 e. The third-order valence-electron chi connectivity index (χ3n) is 6.21. The summed E-state index contributed by atoms with van der Waals surface area (Å²) >= 11 is 0. The molecule has 3 nitrogen and oxygen atoms in total. The number of carbonyl (C=O) groups is 1. The minimum atomic E-state index is -0.179. The number of hydrogen-bond donors (Lipinski definition) is 1. The van der Waals surface area contributed by atoms with E-state index < -0.39 is 0 Å². The van der Waals surface area contributed by atoms with Gasteiger partial charge in [0, 0.05) is 17.1 Å². The average Bonchev–Trinajstić information content (AvgIpc) is 2.93. The molecule has 1 aromatic heterocycles. The lowest BCUT2D eigenvalue weighted by atomic mass is 9.49. The highest BCUT2D eigenvalue weighted by atomic mass is 16.5. The van der Waals surface area contributed by atoms with Gasteiger partial charge in [-0.15, -0.1) is 0 Å². The van der Waals surface area contributed by atoms with Gasteiger partial charge >= 0.3 is 5.97 Å². The van der Waals surface area contributed by atoms with Gasteiger partial charge < -0.3 is 9.72 Å². The first-order valence-electron chi connectivity index (χ1n) is 8.50. The van der Waals surface area contributed by atoms with Crippen molar-refractivity contribution in [2.24, 2.45) is 23.2 Å². The van der Waals surface area contributed by atoms with E-state index in [2.05, 4.69) is 4.98 Å². The standard InChI is InChI=1S/C19H21NO2/c21-18(22-16-1-2-17-15(8-16)3-4-20-17)19-9-12-5-13(10-19)7-14(6-12)11-19/h1-4,8,12-14,20H,5-7,9-11H2. The number of nitrogens with one attached hydrogen (secondary N) is 1. The van der Waals surface area contributed by atoms with Gasteiger partial charge in [-0.2, -0.15) is 0 Å². The molecule has 3 heteroatoms. The number of carbonyl (C=O) groups excluding carboxylic acids is 1. The Hall–Kier alpha value is -1.77. The van der Waals surface area contributed by atoms with Gasteiger partial charge in [-0.1, -0.05) is 0 Å². The number of benzene rings is 1. The van der Waals surface area contributed by atoms with Crippen LogP contribution in [0.1, 0.15) is 38.5 Å². The molecule has 1 aromatic carbocycles. The van der Waals surface area contributed by atoms with E-state index in [1.54, 1.807) is 0 Å². The predicted octanol–water partition coefficient (Wildman–Crippen LogP) is 4.29. The van der Waals surface area contributed by atoms with Gasteiger partial charge in [-0.3, -0.25) is 4.79 Å². The number of esters is 1. The quantitative estimate of drug-likeness (QED) is 0.663. The molecule has 114 valence electrons. The second-order valence-electron chi connectivity index (χ2n) is 7.81. The number of fused-ring (bicyclic) bond motifs is 1. The Kier molecular flexibility index (Phi) is 2.53. The zero-order chi connectivity index (χ0) is 14.7. The van der Waals surface area contributed by atoms with Crippen LogP contribution in [0.2, 0.25) is 0 Å². The summed E-state index contributed by atoms with van der Waals surface area (Å²) in [6.07, 6.45) is 9.14. The summed E-state index contributed by atoms with van der Waals surface area (Å²) in [4.78, 5) is 16.1. The van der Waals surface area contributed by atoms with Gasteiger partial charge in [-0.05, 0) is 80.5 Å². The van der Waals surface area contributed by atoms with Crippen LogP contribution < -0.4 is 4.74 Å². The fraction of sp³-hybridized carbons (Fsp3) is 0.526. The van der Waals surface area contributed by atoms with Gasteiger partial charge in [0.05, 0.1) is 5.41 Å². The summed E-state index contributed by atoms with van der Waals surface area (Å²) in [5.41, 5.74) is 0.900. The van der Waals surface area contributed by atoms with Crippen molar-refractivity contribution >= 4 is 16.9 Å². The van der Waals surface area contributed by atoms with Crippen molar-refractivity contribution in [3.05, 3.63) is 30.5 Å². The highest BCUT2D eigenvalue weighted by Crippen LogP contribution is 2.60. The summed E-state index contributed by atoms with van der Waals surface area (Å²) in [5.74, 6) is 3.03. The molecule has 6 rings (SSSR count). The van der Waals surface area contributed by atoms with Crippen LogP contribution in [0.5, 0.6) is 5.75 Å². The number of rotatable bonds is 2. The minimum absolute atomic E-state index is 0.0292. The molecule has 0 aliphatic heterocycles. The first kappa shape index (κ1) is 12.7. The highest BCUT2D eigenvalue weighted by Gasteiger charge is 2.55. The van der Waals surface area contributed by atoms with E-state index in [1.165, 1.54) is 19.3 Å². The molecule has 4 aliphatic carbocycles.